The minimum Gasteiger partial charge on any atom is -0.481 e. The van der Waals surface area contributed by atoms with E-state index in [2.05, 4.69) is 0 Å². The van der Waals surface area contributed by atoms with Crippen molar-refractivity contribution in [2.45, 2.75) is 12.8 Å². The molecular formula is C13H13ClFNO3. The maximum atomic E-state index is 12.9. The number of rotatable bonds is 2. The lowest BCUT2D eigenvalue weighted by Gasteiger charge is -2.31. The van der Waals surface area contributed by atoms with Crippen LogP contribution >= 0.6 is 11.6 Å². The molecule has 1 aliphatic heterocycles. The minimum atomic E-state index is -0.900. The van der Waals surface area contributed by atoms with Crippen molar-refractivity contribution in [1.82, 2.24) is 4.90 Å². The molecule has 0 spiro atoms. The van der Waals surface area contributed by atoms with Crippen molar-refractivity contribution < 1.29 is 19.1 Å². The molecule has 0 aromatic heterocycles. The molecule has 1 N–H and O–H groups in total. The molecule has 6 heteroatoms. The zero-order valence-electron chi connectivity index (χ0n) is 10.1. The first kappa shape index (κ1) is 13.8. The Morgan fingerprint density at radius 1 is 1.42 bits per heavy atom. The van der Waals surface area contributed by atoms with Crippen molar-refractivity contribution in [2.75, 3.05) is 13.1 Å². The molecule has 1 aromatic carbocycles. The maximum Gasteiger partial charge on any atom is 0.308 e. The molecule has 1 amide bonds. The monoisotopic (exact) mass is 285 g/mol. The molecule has 0 aliphatic carbocycles. The van der Waals surface area contributed by atoms with E-state index < -0.39 is 17.7 Å². The van der Waals surface area contributed by atoms with E-state index in [9.17, 15) is 14.0 Å². The zero-order chi connectivity index (χ0) is 14.0. The SMILES string of the molecule is O=C(O)[C@@H]1CCCN(C(=O)c2ccc(F)cc2Cl)C1. The minimum absolute atomic E-state index is 0.0439. The Kier molecular flexibility index (Phi) is 4.04. The van der Waals surface area contributed by atoms with Crippen molar-refractivity contribution in [3.05, 3.63) is 34.6 Å². The summed E-state index contributed by atoms with van der Waals surface area (Å²) in [4.78, 5) is 24.6. The molecule has 1 saturated heterocycles. The highest BCUT2D eigenvalue weighted by Gasteiger charge is 2.29. The third-order valence-corrected chi connectivity index (χ3v) is 3.53. The second-order valence-electron chi connectivity index (χ2n) is 4.55. The van der Waals surface area contributed by atoms with Gasteiger partial charge in [0, 0.05) is 13.1 Å². The number of amides is 1. The maximum absolute atomic E-state index is 12.9. The number of carboxylic acid groups (broad SMARTS) is 1. The predicted molar refractivity (Wildman–Crippen MR) is 67.7 cm³/mol. The predicted octanol–water partition coefficient (Wildman–Crippen LogP) is 2.42. The summed E-state index contributed by atoms with van der Waals surface area (Å²) >= 11 is 5.84. The van der Waals surface area contributed by atoms with Crippen LogP contribution in [0.15, 0.2) is 18.2 Å². The number of carboxylic acids is 1. The molecule has 1 fully saturated rings. The van der Waals surface area contributed by atoms with Crippen LogP contribution in [0, 0.1) is 11.7 Å². The van der Waals surface area contributed by atoms with Crippen LogP contribution < -0.4 is 0 Å². The number of carbonyl (C=O) groups is 2. The highest BCUT2D eigenvalue weighted by molar-refractivity contribution is 6.33. The molecule has 19 heavy (non-hydrogen) atoms. The third-order valence-electron chi connectivity index (χ3n) is 3.22. The summed E-state index contributed by atoms with van der Waals surface area (Å²) in [7, 11) is 0. The van der Waals surface area contributed by atoms with Crippen LogP contribution in [0.3, 0.4) is 0 Å². The van der Waals surface area contributed by atoms with Gasteiger partial charge in [0.1, 0.15) is 5.82 Å². The van der Waals surface area contributed by atoms with Gasteiger partial charge in [-0.25, -0.2) is 4.39 Å². The smallest absolute Gasteiger partial charge is 0.308 e. The zero-order valence-corrected chi connectivity index (χ0v) is 10.9. The van der Waals surface area contributed by atoms with Crippen LogP contribution in [0.5, 0.6) is 0 Å². The second kappa shape index (κ2) is 5.57. The molecule has 2 rings (SSSR count). The first-order valence-corrected chi connectivity index (χ1v) is 6.34. The van der Waals surface area contributed by atoms with Crippen molar-refractivity contribution in [3.63, 3.8) is 0 Å². The molecule has 102 valence electrons. The third kappa shape index (κ3) is 3.04. The van der Waals surface area contributed by atoms with Gasteiger partial charge in [-0.1, -0.05) is 11.6 Å². The average Bonchev–Trinajstić information content (AvgIpc) is 2.38. The van der Waals surface area contributed by atoms with E-state index in [0.29, 0.717) is 19.4 Å². The number of aliphatic carboxylic acids is 1. The summed E-state index contributed by atoms with van der Waals surface area (Å²) in [6, 6.07) is 3.57. The van der Waals surface area contributed by atoms with E-state index in [1.807, 2.05) is 0 Å². The Bertz CT molecular complexity index is 521. The van der Waals surface area contributed by atoms with Gasteiger partial charge in [0.05, 0.1) is 16.5 Å². The van der Waals surface area contributed by atoms with Gasteiger partial charge in [0.2, 0.25) is 0 Å². The van der Waals surface area contributed by atoms with Crippen LogP contribution in [0.2, 0.25) is 5.02 Å². The van der Waals surface area contributed by atoms with E-state index in [-0.39, 0.29) is 23.0 Å². The number of carbonyl (C=O) groups excluding carboxylic acids is 1. The Morgan fingerprint density at radius 3 is 2.79 bits per heavy atom. The second-order valence-corrected chi connectivity index (χ2v) is 4.96. The summed E-state index contributed by atoms with van der Waals surface area (Å²) in [5.41, 5.74) is 0.203. The number of likely N-dealkylation sites (tertiary alicyclic amines) is 1. The molecule has 4 nitrogen and oxygen atoms in total. The van der Waals surface area contributed by atoms with Crippen molar-refractivity contribution in [3.8, 4) is 0 Å². The lowest BCUT2D eigenvalue weighted by Crippen LogP contribution is -2.42. The summed E-state index contributed by atoms with van der Waals surface area (Å²) in [5.74, 6) is -2.31. The molecule has 0 saturated carbocycles. The fraction of sp³-hybridized carbons (Fsp3) is 0.385. The van der Waals surface area contributed by atoms with Crippen molar-refractivity contribution >= 4 is 23.5 Å². The fourth-order valence-electron chi connectivity index (χ4n) is 2.20. The number of halogens is 2. The fourth-order valence-corrected chi connectivity index (χ4v) is 2.44. The normalized spacial score (nSPS) is 19.3. The number of piperidine rings is 1. The molecule has 0 radical (unpaired) electrons. The van der Waals surface area contributed by atoms with Crippen molar-refractivity contribution in [1.29, 1.82) is 0 Å². The van der Waals surface area contributed by atoms with Gasteiger partial charge in [-0.15, -0.1) is 0 Å². The summed E-state index contributed by atoms with van der Waals surface area (Å²) in [6.07, 6.45) is 1.21. The van der Waals surface area contributed by atoms with Gasteiger partial charge >= 0.3 is 5.97 Å². The number of nitrogens with zero attached hydrogens (tertiary/aromatic N) is 1. The van der Waals surface area contributed by atoms with Crippen LogP contribution in [-0.2, 0) is 4.79 Å². The number of hydrogen-bond acceptors (Lipinski definition) is 2. The van der Waals surface area contributed by atoms with Crippen LogP contribution in [0.1, 0.15) is 23.2 Å². The summed E-state index contributed by atoms with van der Waals surface area (Å²) in [6.45, 7) is 0.665. The van der Waals surface area contributed by atoms with Gasteiger partial charge < -0.3 is 10.0 Å². The quantitative estimate of drug-likeness (QED) is 0.908. The van der Waals surface area contributed by atoms with Crippen LogP contribution in [0.4, 0.5) is 4.39 Å². The van der Waals surface area contributed by atoms with E-state index in [1.165, 1.54) is 11.0 Å². The summed E-state index contributed by atoms with van der Waals surface area (Å²) in [5, 5.41) is 9.03. The average molecular weight is 286 g/mol. The van der Waals surface area contributed by atoms with E-state index >= 15 is 0 Å². The van der Waals surface area contributed by atoms with Gasteiger partial charge in [0.25, 0.3) is 5.91 Å². The Morgan fingerprint density at radius 2 is 2.16 bits per heavy atom. The van der Waals surface area contributed by atoms with Crippen LogP contribution in [-0.4, -0.2) is 35.0 Å². The molecule has 1 atom stereocenters. The highest BCUT2D eigenvalue weighted by Crippen LogP contribution is 2.23. The van der Waals surface area contributed by atoms with E-state index in [0.717, 1.165) is 12.1 Å². The molecule has 1 aliphatic rings. The first-order valence-electron chi connectivity index (χ1n) is 5.96. The molecule has 1 aromatic rings. The Labute approximate surface area is 114 Å². The number of benzene rings is 1. The topological polar surface area (TPSA) is 57.6 Å². The van der Waals surface area contributed by atoms with E-state index in [1.54, 1.807) is 0 Å². The van der Waals surface area contributed by atoms with Gasteiger partial charge in [-0.3, -0.25) is 9.59 Å². The highest BCUT2D eigenvalue weighted by atomic mass is 35.5. The Balaban J connectivity index is 2.17. The standard InChI is InChI=1S/C13H13ClFNO3/c14-11-6-9(15)3-4-10(11)12(17)16-5-1-2-8(7-16)13(18)19/h3-4,6,8H,1-2,5,7H2,(H,18,19)/t8-/m1/s1. The van der Waals surface area contributed by atoms with Crippen LogP contribution in [0.25, 0.3) is 0 Å². The van der Waals surface area contributed by atoms with Gasteiger partial charge in [-0.2, -0.15) is 0 Å². The molecule has 0 bridgehead atoms. The van der Waals surface area contributed by atoms with E-state index in [4.69, 9.17) is 16.7 Å². The van der Waals surface area contributed by atoms with Gasteiger partial charge in [-0.05, 0) is 31.0 Å². The largest absolute Gasteiger partial charge is 0.481 e. The number of hydrogen-bond donors (Lipinski definition) is 1. The Hall–Kier alpha value is -1.62. The molecule has 0 unspecified atom stereocenters. The van der Waals surface area contributed by atoms with Gasteiger partial charge in [0.15, 0.2) is 0 Å². The molecule has 1 heterocycles. The first-order chi connectivity index (χ1) is 8.99. The lowest BCUT2D eigenvalue weighted by atomic mass is 9.97. The van der Waals surface area contributed by atoms with Crippen molar-refractivity contribution in [2.24, 2.45) is 5.92 Å². The molecular weight excluding hydrogens is 273 g/mol. The lowest BCUT2D eigenvalue weighted by molar-refractivity contribution is -0.143. The summed E-state index contributed by atoms with van der Waals surface area (Å²) < 4.78 is 12.9.